The third-order valence-corrected chi connectivity index (χ3v) is 4.89. The van der Waals surface area contributed by atoms with Crippen LogP contribution in [0.25, 0.3) is 0 Å². The Labute approximate surface area is 173 Å². The van der Waals surface area contributed by atoms with Gasteiger partial charge < -0.3 is 15.1 Å². The van der Waals surface area contributed by atoms with Crippen molar-refractivity contribution in [2.24, 2.45) is 0 Å². The Morgan fingerprint density at radius 3 is 2.24 bits per heavy atom. The summed E-state index contributed by atoms with van der Waals surface area (Å²) >= 11 is 0. The maximum absolute atomic E-state index is 4.71. The molecule has 29 heavy (non-hydrogen) atoms. The fourth-order valence-corrected chi connectivity index (χ4v) is 3.23. The second kappa shape index (κ2) is 9.87. The predicted octanol–water partition coefficient (Wildman–Crippen LogP) is 4.88. The van der Waals surface area contributed by atoms with E-state index in [1.54, 1.807) is 6.20 Å². The van der Waals surface area contributed by atoms with Crippen LogP contribution in [0.5, 0.6) is 0 Å². The van der Waals surface area contributed by atoms with Gasteiger partial charge in [0, 0.05) is 37.1 Å². The molecule has 0 spiro atoms. The SMILES string of the molecule is CCN(CC)c1ccc(Nc2cnnc(N(Cc3ccccc3)C(C)C)n2)cc1. The highest BCUT2D eigenvalue weighted by atomic mass is 15.3. The highest BCUT2D eigenvalue weighted by molar-refractivity contribution is 5.61. The first-order chi connectivity index (χ1) is 14.1. The Kier molecular flexibility index (Phi) is 7.00. The normalized spacial score (nSPS) is 10.8. The van der Waals surface area contributed by atoms with Gasteiger partial charge in [-0.3, -0.25) is 0 Å². The van der Waals surface area contributed by atoms with Crippen molar-refractivity contribution in [3.05, 3.63) is 66.4 Å². The van der Waals surface area contributed by atoms with Crippen molar-refractivity contribution in [1.82, 2.24) is 15.2 Å². The van der Waals surface area contributed by atoms with Gasteiger partial charge in [0.05, 0.1) is 6.20 Å². The summed E-state index contributed by atoms with van der Waals surface area (Å²) in [6.45, 7) is 11.3. The fourth-order valence-electron chi connectivity index (χ4n) is 3.23. The lowest BCUT2D eigenvalue weighted by Gasteiger charge is -2.26. The molecule has 3 aromatic rings. The third-order valence-electron chi connectivity index (χ3n) is 4.89. The van der Waals surface area contributed by atoms with Gasteiger partial charge in [0.15, 0.2) is 5.82 Å². The first kappa shape index (κ1) is 20.6. The zero-order valence-electron chi connectivity index (χ0n) is 17.7. The fraction of sp³-hybridized carbons (Fsp3) is 0.348. The minimum atomic E-state index is 0.251. The Balaban J connectivity index is 1.76. The third kappa shape index (κ3) is 5.44. The smallest absolute Gasteiger partial charge is 0.247 e. The van der Waals surface area contributed by atoms with Crippen LogP contribution in [0, 0.1) is 0 Å². The zero-order chi connectivity index (χ0) is 20.6. The van der Waals surface area contributed by atoms with E-state index < -0.39 is 0 Å². The van der Waals surface area contributed by atoms with Gasteiger partial charge in [0.2, 0.25) is 5.95 Å². The minimum Gasteiger partial charge on any atom is -0.372 e. The van der Waals surface area contributed by atoms with Gasteiger partial charge >= 0.3 is 0 Å². The molecule has 0 radical (unpaired) electrons. The van der Waals surface area contributed by atoms with Crippen molar-refractivity contribution >= 4 is 23.1 Å². The molecule has 2 aromatic carbocycles. The lowest BCUT2D eigenvalue weighted by atomic mass is 10.2. The van der Waals surface area contributed by atoms with Crippen LogP contribution in [-0.2, 0) is 6.54 Å². The molecule has 0 atom stereocenters. The van der Waals surface area contributed by atoms with Crippen molar-refractivity contribution in [2.45, 2.75) is 40.3 Å². The van der Waals surface area contributed by atoms with Crippen LogP contribution in [0.3, 0.4) is 0 Å². The first-order valence-corrected chi connectivity index (χ1v) is 10.2. The summed E-state index contributed by atoms with van der Waals surface area (Å²) < 4.78 is 0. The first-order valence-electron chi connectivity index (χ1n) is 10.2. The van der Waals surface area contributed by atoms with Gasteiger partial charge in [-0.1, -0.05) is 30.3 Å². The lowest BCUT2D eigenvalue weighted by molar-refractivity contribution is 0.653. The number of benzene rings is 2. The van der Waals surface area contributed by atoms with Crippen LogP contribution >= 0.6 is 0 Å². The zero-order valence-corrected chi connectivity index (χ0v) is 17.7. The molecule has 0 saturated heterocycles. The topological polar surface area (TPSA) is 57.2 Å². The van der Waals surface area contributed by atoms with E-state index >= 15 is 0 Å². The molecular weight excluding hydrogens is 360 g/mol. The van der Waals surface area contributed by atoms with Crippen LogP contribution in [0.1, 0.15) is 33.3 Å². The van der Waals surface area contributed by atoms with E-state index in [1.807, 2.05) is 18.2 Å². The van der Waals surface area contributed by atoms with E-state index in [9.17, 15) is 0 Å². The number of anilines is 4. The Hall–Kier alpha value is -3.15. The van der Waals surface area contributed by atoms with Gasteiger partial charge in [-0.25, -0.2) is 0 Å². The minimum absolute atomic E-state index is 0.251. The predicted molar refractivity (Wildman–Crippen MR) is 121 cm³/mol. The van der Waals surface area contributed by atoms with Gasteiger partial charge in [-0.2, -0.15) is 10.1 Å². The molecule has 0 fully saturated rings. The monoisotopic (exact) mass is 390 g/mol. The Morgan fingerprint density at radius 1 is 0.931 bits per heavy atom. The summed E-state index contributed by atoms with van der Waals surface area (Å²) in [5.74, 6) is 1.30. The highest BCUT2D eigenvalue weighted by Crippen LogP contribution is 2.22. The average molecular weight is 391 g/mol. The molecule has 1 aromatic heterocycles. The highest BCUT2D eigenvalue weighted by Gasteiger charge is 2.15. The summed E-state index contributed by atoms with van der Waals surface area (Å²) in [4.78, 5) is 9.17. The van der Waals surface area contributed by atoms with Crippen LogP contribution in [0.15, 0.2) is 60.8 Å². The van der Waals surface area contributed by atoms with Gasteiger partial charge in [0.1, 0.15) is 0 Å². The summed E-state index contributed by atoms with van der Waals surface area (Å²) in [6.07, 6.45) is 1.66. The number of hydrogen-bond donors (Lipinski definition) is 1. The average Bonchev–Trinajstić information content (AvgIpc) is 2.75. The number of nitrogens with one attached hydrogen (secondary N) is 1. The largest absolute Gasteiger partial charge is 0.372 e. The van der Waals surface area contributed by atoms with Gasteiger partial charge in [0.25, 0.3) is 0 Å². The van der Waals surface area contributed by atoms with E-state index in [4.69, 9.17) is 4.98 Å². The maximum Gasteiger partial charge on any atom is 0.247 e. The molecule has 0 saturated carbocycles. The molecule has 152 valence electrons. The van der Waals surface area contributed by atoms with Crippen LogP contribution in [0.2, 0.25) is 0 Å². The van der Waals surface area contributed by atoms with Crippen molar-refractivity contribution in [1.29, 1.82) is 0 Å². The van der Waals surface area contributed by atoms with E-state index in [1.165, 1.54) is 11.3 Å². The number of hydrogen-bond acceptors (Lipinski definition) is 6. The molecule has 6 nitrogen and oxygen atoms in total. The van der Waals surface area contributed by atoms with E-state index in [0.717, 1.165) is 25.3 Å². The molecule has 3 rings (SSSR count). The Morgan fingerprint density at radius 2 is 1.62 bits per heavy atom. The van der Waals surface area contributed by atoms with Crippen molar-refractivity contribution in [3.8, 4) is 0 Å². The van der Waals surface area contributed by atoms with E-state index in [2.05, 4.69) is 89.4 Å². The van der Waals surface area contributed by atoms with Gasteiger partial charge in [-0.05, 0) is 57.5 Å². The molecule has 6 heteroatoms. The lowest BCUT2D eigenvalue weighted by Crippen LogP contribution is -2.32. The second-order valence-electron chi connectivity index (χ2n) is 7.19. The van der Waals surface area contributed by atoms with Gasteiger partial charge in [-0.15, -0.1) is 5.10 Å². The van der Waals surface area contributed by atoms with E-state index in [-0.39, 0.29) is 6.04 Å². The van der Waals surface area contributed by atoms with Crippen molar-refractivity contribution in [3.63, 3.8) is 0 Å². The molecule has 0 bridgehead atoms. The summed E-state index contributed by atoms with van der Waals surface area (Å²) in [6, 6.07) is 19.0. The summed E-state index contributed by atoms with van der Waals surface area (Å²) in [7, 11) is 0. The maximum atomic E-state index is 4.71. The standard InChI is InChI=1S/C23H30N6/c1-5-28(6-2)21-14-12-20(13-15-21)25-22-16-24-27-23(26-22)29(18(3)4)17-19-10-8-7-9-11-19/h7-16,18H,5-6,17H2,1-4H3,(H,25,26,27). The molecule has 0 aliphatic rings. The molecule has 0 aliphatic carbocycles. The molecule has 0 amide bonds. The molecule has 0 unspecified atom stereocenters. The molecular formula is C23H30N6. The summed E-state index contributed by atoms with van der Waals surface area (Å²) in [5, 5.41) is 11.8. The molecule has 1 heterocycles. The quantitative estimate of drug-likeness (QED) is 0.562. The number of aromatic nitrogens is 3. The molecule has 1 N–H and O–H groups in total. The van der Waals surface area contributed by atoms with E-state index in [0.29, 0.717) is 11.8 Å². The van der Waals surface area contributed by atoms with Crippen LogP contribution < -0.4 is 15.1 Å². The second-order valence-corrected chi connectivity index (χ2v) is 7.19. The number of nitrogens with zero attached hydrogens (tertiary/aromatic N) is 5. The van der Waals surface area contributed by atoms with Crippen molar-refractivity contribution < 1.29 is 0 Å². The van der Waals surface area contributed by atoms with Crippen molar-refractivity contribution in [2.75, 3.05) is 28.2 Å². The summed E-state index contributed by atoms with van der Waals surface area (Å²) in [5.41, 5.74) is 3.41. The van der Waals surface area contributed by atoms with Crippen LogP contribution in [-0.4, -0.2) is 34.3 Å². The Bertz CT molecular complexity index is 875. The molecule has 0 aliphatic heterocycles. The number of rotatable bonds is 9. The van der Waals surface area contributed by atoms with Crippen LogP contribution in [0.4, 0.5) is 23.1 Å².